The molecule has 2 heterocycles. The molecule has 0 bridgehead atoms. The Morgan fingerprint density at radius 1 is 0.947 bits per heavy atom. The standard InChI is InChI=1S/C29H34N4O5/c30-23(18-21-11-5-2-6-12-21)28(37)33-16-8-14-25(33)29(38)32-15-7-13-24(32)27(36)31-22(19-26(34)35)17-20-9-3-1-4-10-20/h1-6,8-12,14,22-25H,7,13,15-19,30H2,(H,31,36)(H,34,35). The number of amides is 3. The first-order valence-electron chi connectivity index (χ1n) is 13.0. The number of nitrogens with two attached hydrogens (primary N) is 1. The number of nitrogens with zero attached hydrogens (tertiary/aromatic N) is 2. The molecule has 0 saturated carbocycles. The molecule has 2 aromatic carbocycles. The molecule has 4 rings (SSSR count). The Bertz CT molecular complexity index is 1170. The molecule has 38 heavy (non-hydrogen) atoms. The van der Waals surface area contributed by atoms with Crippen molar-refractivity contribution in [1.82, 2.24) is 15.1 Å². The molecule has 4 unspecified atom stereocenters. The second-order valence-electron chi connectivity index (χ2n) is 9.84. The Morgan fingerprint density at radius 2 is 1.58 bits per heavy atom. The van der Waals surface area contributed by atoms with E-state index in [2.05, 4.69) is 5.32 Å². The molecule has 0 aromatic heterocycles. The van der Waals surface area contributed by atoms with Crippen molar-refractivity contribution < 1.29 is 24.3 Å². The number of carbonyl (C=O) groups excluding carboxylic acids is 3. The van der Waals surface area contributed by atoms with Crippen molar-refractivity contribution in [3.8, 4) is 0 Å². The van der Waals surface area contributed by atoms with Gasteiger partial charge in [0.1, 0.15) is 12.1 Å². The van der Waals surface area contributed by atoms with E-state index in [4.69, 9.17) is 5.73 Å². The second-order valence-corrected chi connectivity index (χ2v) is 9.84. The minimum Gasteiger partial charge on any atom is -0.481 e. The molecule has 2 aliphatic rings. The van der Waals surface area contributed by atoms with Crippen LogP contribution in [-0.4, -0.2) is 75.9 Å². The van der Waals surface area contributed by atoms with Crippen molar-refractivity contribution >= 4 is 23.7 Å². The summed E-state index contributed by atoms with van der Waals surface area (Å²) in [4.78, 5) is 54.4. The highest BCUT2D eigenvalue weighted by Crippen LogP contribution is 2.23. The van der Waals surface area contributed by atoms with Gasteiger partial charge in [0.15, 0.2) is 0 Å². The van der Waals surface area contributed by atoms with Gasteiger partial charge in [0.2, 0.25) is 17.7 Å². The van der Waals surface area contributed by atoms with Gasteiger partial charge in [0.05, 0.1) is 12.5 Å². The minimum atomic E-state index is -1.01. The van der Waals surface area contributed by atoms with Gasteiger partial charge in [-0.1, -0.05) is 72.8 Å². The number of hydrogen-bond donors (Lipinski definition) is 3. The lowest BCUT2D eigenvalue weighted by molar-refractivity contribution is -0.146. The molecule has 0 radical (unpaired) electrons. The van der Waals surface area contributed by atoms with Crippen LogP contribution in [0.4, 0.5) is 0 Å². The van der Waals surface area contributed by atoms with Gasteiger partial charge in [0.25, 0.3) is 0 Å². The lowest BCUT2D eigenvalue weighted by Crippen LogP contribution is -2.56. The lowest BCUT2D eigenvalue weighted by atomic mass is 10.0. The average Bonchev–Trinajstić information content (AvgIpc) is 3.59. The van der Waals surface area contributed by atoms with E-state index in [1.165, 1.54) is 9.80 Å². The molecule has 3 amide bonds. The summed E-state index contributed by atoms with van der Waals surface area (Å²) >= 11 is 0. The zero-order valence-corrected chi connectivity index (χ0v) is 21.2. The minimum absolute atomic E-state index is 0.228. The number of benzene rings is 2. The van der Waals surface area contributed by atoms with Crippen molar-refractivity contribution in [1.29, 1.82) is 0 Å². The van der Waals surface area contributed by atoms with Crippen LogP contribution >= 0.6 is 0 Å². The molecule has 4 atom stereocenters. The van der Waals surface area contributed by atoms with Gasteiger partial charge in [-0.25, -0.2) is 0 Å². The Morgan fingerprint density at radius 3 is 2.21 bits per heavy atom. The monoisotopic (exact) mass is 518 g/mol. The highest BCUT2D eigenvalue weighted by atomic mass is 16.4. The molecule has 2 aliphatic heterocycles. The summed E-state index contributed by atoms with van der Waals surface area (Å²) in [6.07, 6.45) is 5.07. The quantitative estimate of drug-likeness (QED) is 0.409. The van der Waals surface area contributed by atoms with Crippen molar-refractivity contribution in [3.05, 3.63) is 83.9 Å². The third-order valence-electron chi connectivity index (χ3n) is 7.04. The Labute approximate surface area is 222 Å². The first kappa shape index (κ1) is 27.1. The van der Waals surface area contributed by atoms with Crippen LogP contribution < -0.4 is 11.1 Å². The van der Waals surface area contributed by atoms with Crippen LogP contribution in [0.2, 0.25) is 0 Å². The first-order valence-corrected chi connectivity index (χ1v) is 13.0. The maximum Gasteiger partial charge on any atom is 0.305 e. The zero-order valence-electron chi connectivity index (χ0n) is 21.2. The molecule has 2 aromatic rings. The third-order valence-corrected chi connectivity index (χ3v) is 7.04. The largest absolute Gasteiger partial charge is 0.481 e. The van der Waals surface area contributed by atoms with Crippen LogP contribution in [0, 0.1) is 0 Å². The summed E-state index contributed by atoms with van der Waals surface area (Å²) < 4.78 is 0. The van der Waals surface area contributed by atoms with E-state index < -0.39 is 30.1 Å². The number of hydrogen-bond acceptors (Lipinski definition) is 5. The van der Waals surface area contributed by atoms with E-state index in [1.807, 2.05) is 60.7 Å². The summed E-state index contributed by atoms with van der Waals surface area (Å²) in [6, 6.07) is 15.9. The lowest BCUT2D eigenvalue weighted by Gasteiger charge is -2.32. The highest BCUT2D eigenvalue weighted by molar-refractivity contribution is 5.95. The molecule has 200 valence electrons. The van der Waals surface area contributed by atoms with E-state index in [0.29, 0.717) is 32.2 Å². The van der Waals surface area contributed by atoms with E-state index in [9.17, 15) is 24.3 Å². The van der Waals surface area contributed by atoms with Crippen LogP contribution in [0.15, 0.2) is 72.8 Å². The fourth-order valence-corrected chi connectivity index (χ4v) is 5.19. The molecular weight excluding hydrogens is 484 g/mol. The Kier molecular flexibility index (Phi) is 8.91. The molecule has 4 N–H and O–H groups in total. The SMILES string of the molecule is NC(Cc1ccccc1)C(=O)N1CC=CC1C(=O)N1CCCC1C(=O)NC(CC(=O)O)Cc1ccccc1. The molecule has 0 aliphatic carbocycles. The molecule has 0 spiro atoms. The number of likely N-dealkylation sites (tertiary alicyclic amines) is 1. The van der Waals surface area contributed by atoms with Crippen LogP contribution in [0.1, 0.15) is 30.4 Å². The number of nitrogens with one attached hydrogen (secondary N) is 1. The van der Waals surface area contributed by atoms with Gasteiger partial charge in [-0.3, -0.25) is 19.2 Å². The maximum atomic E-state index is 13.6. The molecule has 9 nitrogen and oxygen atoms in total. The fourth-order valence-electron chi connectivity index (χ4n) is 5.19. The second kappa shape index (κ2) is 12.5. The van der Waals surface area contributed by atoms with E-state index in [0.717, 1.165) is 11.1 Å². The van der Waals surface area contributed by atoms with Crippen molar-refractivity contribution in [2.75, 3.05) is 13.1 Å². The van der Waals surface area contributed by atoms with Gasteiger partial charge in [0, 0.05) is 19.1 Å². The third kappa shape index (κ3) is 6.66. The number of carboxylic acids is 1. The smallest absolute Gasteiger partial charge is 0.305 e. The fraction of sp³-hybridized carbons (Fsp3) is 0.379. The van der Waals surface area contributed by atoms with Gasteiger partial charge in [-0.15, -0.1) is 0 Å². The molecule has 9 heteroatoms. The van der Waals surface area contributed by atoms with E-state index in [1.54, 1.807) is 12.2 Å². The van der Waals surface area contributed by atoms with Crippen molar-refractivity contribution in [2.24, 2.45) is 5.73 Å². The van der Waals surface area contributed by atoms with Crippen LogP contribution in [0.5, 0.6) is 0 Å². The summed E-state index contributed by atoms with van der Waals surface area (Å²) in [5, 5.41) is 12.2. The van der Waals surface area contributed by atoms with Gasteiger partial charge in [-0.05, 0) is 36.8 Å². The van der Waals surface area contributed by atoms with Gasteiger partial charge in [-0.2, -0.15) is 0 Å². The number of carbonyl (C=O) groups is 4. The van der Waals surface area contributed by atoms with E-state index >= 15 is 0 Å². The molecule has 1 saturated heterocycles. The predicted octanol–water partition coefficient (Wildman–Crippen LogP) is 1.52. The Hall–Kier alpha value is -3.98. The van der Waals surface area contributed by atoms with E-state index in [-0.39, 0.29) is 30.7 Å². The normalized spacial score (nSPS) is 20.2. The summed E-state index contributed by atoms with van der Waals surface area (Å²) in [6.45, 7) is 0.668. The van der Waals surface area contributed by atoms with Crippen LogP contribution in [0.25, 0.3) is 0 Å². The number of rotatable bonds is 10. The van der Waals surface area contributed by atoms with Crippen LogP contribution in [-0.2, 0) is 32.0 Å². The highest BCUT2D eigenvalue weighted by Gasteiger charge is 2.41. The molecular formula is C29H34N4O5. The maximum absolute atomic E-state index is 13.6. The predicted molar refractivity (Wildman–Crippen MR) is 142 cm³/mol. The van der Waals surface area contributed by atoms with Gasteiger partial charge < -0.3 is 26.0 Å². The average molecular weight is 519 g/mol. The first-order chi connectivity index (χ1) is 18.3. The molecule has 1 fully saturated rings. The summed E-state index contributed by atoms with van der Waals surface area (Å²) in [5.74, 6) is -2.03. The topological polar surface area (TPSA) is 133 Å². The zero-order chi connectivity index (χ0) is 27.1. The summed E-state index contributed by atoms with van der Waals surface area (Å²) in [7, 11) is 0. The number of aliphatic carboxylic acids is 1. The van der Waals surface area contributed by atoms with Crippen molar-refractivity contribution in [3.63, 3.8) is 0 Å². The Balaban J connectivity index is 1.41. The van der Waals surface area contributed by atoms with Gasteiger partial charge >= 0.3 is 5.97 Å². The van der Waals surface area contributed by atoms with Crippen molar-refractivity contribution in [2.45, 2.75) is 56.3 Å². The van der Waals surface area contributed by atoms with Crippen LogP contribution in [0.3, 0.4) is 0 Å². The number of carboxylic acid groups (broad SMARTS) is 1. The summed E-state index contributed by atoms with van der Waals surface area (Å²) in [5.41, 5.74) is 8.07.